The zero-order valence-corrected chi connectivity index (χ0v) is 14.2. The Kier molecular flexibility index (Phi) is 4.17. The van der Waals surface area contributed by atoms with E-state index in [1.807, 2.05) is 12.1 Å². The van der Waals surface area contributed by atoms with Gasteiger partial charge in [-0.05, 0) is 36.3 Å². The van der Waals surface area contributed by atoms with Crippen molar-refractivity contribution in [3.05, 3.63) is 102 Å². The molecule has 0 aliphatic rings. The Morgan fingerprint density at radius 3 is 2.16 bits per heavy atom. The molecule has 0 fully saturated rings. The number of imidazole rings is 1. The summed E-state index contributed by atoms with van der Waals surface area (Å²) in [6.07, 6.45) is 4.23. The van der Waals surface area contributed by atoms with Crippen LogP contribution in [0.5, 0.6) is 0 Å². The molecular weight excluding hydrogens is 304 g/mol. The van der Waals surface area contributed by atoms with Gasteiger partial charge in [-0.15, -0.1) is 0 Å². The van der Waals surface area contributed by atoms with Crippen LogP contribution in [0.15, 0.2) is 84.9 Å². The molecule has 0 radical (unpaired) electrons. The number of hydrogen-bond donors (Lipinski definition) is 0. The zero-order valence-electron chi connectivity index (χ0n) is 14.2. The molecule has 122 valence electrons. The summed E-state index contributed by atoms with van der Waals surface area (Å²) in [5.74, 6) is 0.974. The average molecular weight is 324 g/mol. The molecule has 4 aromatic rings. The fraction of sp³-hybridized carbons (Fsp3) is 0.0870. The lowest BCUT2D eigenvalue weighted by Gasteiger charge is -2.17. The van der Waals surface area contributed by atoms with Crippen LogP contribution in [0.1, 0.15) is 29.9 Å². The second-order valence-corrected chi connectivity index (χ2v) is 6.16. The van der Waals surface area contributed by atoms with Gasteiger partial charge in [-0.3, -0.25) is 0 Å². The summed E-state index contributed by atoms with van der Waals surface area (Å²) in [5, 5.41) is 0. The second-order valence-electron chi connectivity index (χ2n) is 6.16. The minimum Gasteiger partial charge on any atom is -0.317 e. The van der Waals surface area contributed by atoms with Crippen molar-refractivity contribution in [2.75, 3.05) is 0 Å². The van der Waals surface area contributed by atoms with Crippen LogP contribution in [-0.4, -0.2) is 9.55 Å². The van der Waals surface area contributed by atoms with Crippen LogP contribution in [-0.2, 0) is 0 Å². The summed E-state index contributed by atoms with van der Waals surface area (Å²) in [6.45, 7) is 2.23. The lowest BCUT2D eigenvalue weighted by atomic mass is 10.1. The van der Waals surface area contributed by atoms with Gasteiger partial charge in [-0.25, -0.2) is 4.98 Å². The van der Waals surface area contributed by atoms with E-state index >= 15 is 0 Å². The molecule has 0 N–H and O–H groups in total. The topological polar surface area (TPSA) is 17.8 Å². The standard InChI is InChI=1S/C23H20N2/c1-18(20-12-6-3-7-13-20)25-22-15-9-8-14-21(22)24-23(25)17-16-19-10-4-2-5-11-19/h2-18H,1H3. The quantitative estimate of drug-likeness (QED) is 0.463. The molecule has 25 heavy (non-hydrogen) atoms. The van der Waals surface area contributed by atoms with E-state index in [0.29, 0.717) is 0 Å². The van der Waals surface area contributed by atoms with Crippen LogP contribution >= 0.6 is 0 Å². The molecule has 0 bridgehead atoms. The predicted octanol–water partition coefficient (Wildman–Crippen LogP) is 5.82. The number of nitrogens with zero attached hydrogens (tertiary/aromatic N) is 2. The number of para-hydroxylation sites is 2. The Hall–Kier alpha value is -3.13. The molecule has 1 aromatic heterocycles. The molecule has 0 saturated carbocycles. The molecule has 1 atom stereocenters. The van der Waals surface area contributed by atoms with E-state index in [2.05, 4.69) is 96.4 Å². The van der Waals surface area contributed by atoms with Crippen molar-refractivity contribution in [2.45, 2.75) is 13.0 Å². The van der Waals surface area contributed by atoms with Gasteiger partial charge in [0.25, 0.3) is 0 Å². The minimum atomic E-state index is 0.212. The maximum Gasteiger partial charge on any atom is 0.134 e. The first-order chi connectivity index (χ1) is 12.3. The van der Waals surface area contributed by atoms with Gasteiger partial charge >= 0.3 is 0 Å². The van der Waals surface area contributed by atoms with Crippen LogP contribution in [0, 0.1) is 0 Å². The van der Waals surface area contributed by atoms with Crippen molar-refractivity contribution in [2.24, 2.45) is 0 Å². The summed E-state index contributed by atoms with van der Waals surface area (Å²) < 4.78 is 2.31. The third kappa shape index (κ3) is 3.11. The molecule has 4 rings (SSSR count). The number of aromatic nitrogens is 2. The molecule has 1 heterocycles. The van der Waals surface area contributed by atoms with Crippen LogP contribution in [0.2, 0.25) is 0 Å². The first-order valence-corrected chi connectivity index (χ1v) is 8.58. The van der Waals surface area contributed by atoms with Crippen LogP contribution in [0.25, 0.3) is 23.2 Å². The molecule has 1 unspecified atom stereocenters. The molecule has 0 aliphatic carbocycles. The highest BCUT2D eigenvalue weighted by Gasteiger charge is 2.15. The zero-order chi connectivity index (χ0) is 17.1. The number of benzene rings is 3. The predicted molar refractivity (Wildman–Crippen MR) is 105 cm³/mol. The number of fused-ring (bicyclic) bond motifs is 1. The van der Waals surface area contributed by atoms with E-state index in [9.17, 15) is 0 Å². The van der Waals surface area contributed by atoms with Gasteiger partial charge in [0.05, 0.1) is 17.1 Å². The molecule has 0 saturated heterocycles. The summed E-state index contributed by atoms with van der Waals surface area (Å²) in [7, 11) is 0. The highest BCUT2D eigenvalue weighted by atomic mass is 15.1. The fourth-order valence-electron chi connectivity index (χ4n) is 3.20. The first kappa shape index (κ1) is 15.4. The first-order valence-electron chi connectivity index (χ1n) is 8.58. The van der Waals surface area contributed by atoms with Crippen molar-refractivity contribution < 1.29 is 0 Å². The molecule has 0 aliphatic heterocycles. The summed E-state index contributed by atoms with van der Waals surface area (Å²) in [5.41, 5.74) is 4.64. The van der Waals surface area contributed by atoms with Crippen LogP contribution in [0.3, 0.4) is 0 Å². The van der Waals surface area contributed by atoms with E-state index in [-0.39, 0.29) is 6.04 Å². The van der Waals surface area contributed by atoms with Gasteiger partial charge < -0.3 is 4.57 Å². The van der Waals surface area contributed by atoms with Crippen molar-refractivity contribution in [3.8, 4) is 0 Å². The smallest absolute Gasteiger partial charge is 0.134 e. The average Bonchev–Trinajstić information content (AvgIpc) is 3.05. The van der Waals surface area contributed by atoms with E-state index in [4.69, 9.17) is 4.98 Å². The summed E-state index contributed by atoms with van der Waals surface area (Å²) >= 11 is 0. The summed E-state index contributed by atoms with van der Waals surface area (Å²) in [4.78, 5) is 4.85. The SMILES string of the molecule is CC(c1ccccc1)n1c(C=Cc2ccccc2)nc2ccccc21. The van der Waals surface area contributed by atoms with Crippen molar-refractivity contribution in [1.82, 2.24) is 9.55 Å². The lowest BCUT2D eigenvalue weighted by Crippen LogP contribution is -2.08. The fourth-order valence-corrected chi connectivity index (χ4v) is 3.20. The Bertz CT molecular complexity index is 998. The van der Waals surface area contributed by atoms with E-state index in [1.165, 1.54) is 11.1 Å². The summed E-state index contributed by atoms with van der Waals surface area (Å²) in [6, 6.07) is 29.4. The maximum atomic E-state index is 4.85. The van der Waals surface area contributed by atoms with Gasteiger partial charge in [-0.2, -0.15) is 0 Å². The van der Waals surface area contributed by atoms with Crippen molar-refractivity contribution >= 4 is 23.2 Å². The van der Waals surface area contributed by atoms with Crippen molar-refractivity contribution in [3.63, 3.8) is 0 Å². The largest absolute Gasteiger partial charge is 0.317 e. The molecule has 2 nitrogen and oxygen atoms in total. The Morgan fingerprint density at radius 2 is 1.40 bits per heavy atom. The van der Waals surface area contributed by atoms with Gasteiger partial charge in [0.1, 0.15) is 5.82 Å². The van der Waals surface area contributed by atoms with Crippen LogP contribution in [0.4, 0.5) is 0 Å². The number of rotatable bonds is 4. The van der Waals surface area contributed by atoms with Gasteiger partial charge in [0.2, 0.25) is 0 Å². The van der Waals surface area contributed by atoms with Gasteiger partial charge in [0, 0.05) is 0 Å². The van der Waals surface area contributed by atoms with Gasteiger partial charge in [0.15, 0.2) is 0 Å². The molecular formula is C23H20N2. The van der Waals surface area contributed by atoms with E-state index in [1.54, 1.807) is 0 Å². The van der Waals surface area contributed by atoms with Crippen molar-refractivity contribution in [1.29, 1.82) is 0 Å². The Morgan fingerprint density at radius 1 is 0.760 bits per heavy atom. The molecule has 2 heteroatoms. The monoisotopic (exact) mass is 324 g/mol. The lowest BCUT2D eigenvalue weighted by molar-refractivity contribution is 0.652. The van der Waals surface area contributed by atoms with Gasteiger partial charge in [-0.1, -0.05) is 78.9 Å². The van der Waals surface area contributed by atoms with Crippen LogP contribution < -0.4 is 0 Å². The Balaban J connectivity index is 1.82. The van der Waals surface area contributed by atoms with E-state index < -0.39 is 0 Å². The second kappa shape index (κ2) is 6.78. The Labute approximate surface area is 148 Å². The molecule has 3 aromatic carbocycles. The van der Waals surface area contributed by atoms with E-state index in [0.717, 1.165) is 16.9 Å². The highest BCUT2D eigenvalue weighted by Crippen LogP contribution is 2.27. The molecule has 0 spiro atoms. The maximum absolute atomic E-state index is 4.85. The third-order valence-electron chi connectivity index (χ3n) is 4.52. The molecule has 0 amide bonds. The normalized spacial score (nSPS) is 12.7. The minimum absolute atomic E-state index is 0.212. The third-order valence-corrected chi connectivity index (χ3v) is 4.52. The highest BCUT2D eigenvalue weighted by molar-refractivity contribution is 5.80. The number of hydrogen-bond acceptors (Lipinski definition) is 1.